The summed E-state index contributed by atoms with van der Waals surface area (Å²) in [4.78, 5) is 33.7. The Morgan fingerprint density at radius 3 is 2.78 bits per heavy atom. The SMILES string of the molecule is CC1CCN(Cc2nc3scc(-c4cccs4)c3c(=O)n2CC(N)=O)CC1. The first-order valence-corrected chi connectivity index (χ1v) is 10.8. The van der Waals surface area contributed by atoms with E-state index in [0.29, 0.717) is 17.8 Å². The van der Waals surface area contributed by atoms with Crippen molar-refractivity contribution < 1.29 is 4.79 Å². The van der Waals surface area contributed by atoms with Gasteiger partial charge >= 0.3 is 0 Å². The van der Waals surface area contributed by atoms with Crippen LogP contribution < -0.4 is 11.3 Å². The van der Waals surface area contributed by atoms with E-state index in [2.05, 4.69) is 11.8 Å². The number of thiophene rings is 2. The number of hydrogen-bond donors (Lipinski definition) is 1. The fourth-order valence-electron chi connectivity index (χ4n) is 3.54. The number of likely N-dealkylation sites (tertiary alicyclic amines) is 1. The molecule has 3 aromatic rings. The maximum atomic E-state index is 13.3. The number of carbonyl (C=O) groups excluding carboxylic acids is 1. The molecule has 8 heteroatoms. The molecule has 3 aromatic heterocycles. The van der Waals surface area contributed by atoms with E-state index in [4.69, 9.17) is 10.7 Å². The molecule has 1 aliphatic heterocycles. The minimum absolute atomic E-state index is 0.138. The van der Waals surface area contributed by atoms with Gasteiger partial charge < -0.3 is 5.73 Å². The van der Waals surface area contributed by atoms with Gasteiger partial charge in [0, 0.05) is 15.8 Å². The van der Waals surface area contributed by atoms with Crippen LogP contribution in [0.3, 0.4) is 0 Å². The smallest absolute Gasteiger partial charge is 0.263 e. The van der Waals surface area contributed by atoms with Crippen LogP contribution in [-0.2, 0) is 17.9 Å². The molecule has 142 valence electrons. The summed E-state index contributed by atoms with van der Waals surface area (Å²) in [5.74, 6) is 0.829. The van der Waals surface area contributed by atoms with Crippen molar-refractivity contribution in [3.05, 3.63) is 39.1 Å². The molecule has 6 nitrogen and oxygen atoms in total. The first-order chi connectivity index (χ1) is 13.0. The Morgan fingerprint density at radius 1 is 1.33 bits per heavy atom. The second-order valence-corrected chi connectivity index (χ2v) is 8.96. The molecular formula is C19H22N4O2S2. The van der Waals surface area contributed by atoms with Crippen LogP contribution in [0.25, 0.3) is 20.7 Å². The van der Waals surface area contributed by atoms with E-state index in [-0.39, 0.29) is 12.1 Å². The number of fused-ring (bicyclic) bond motifs is 1. The molecule has 4 heterocycles. The van der Waals surface area contributed by atoms with Gasteiger partial charge in [-0.15, -0.1) is 22.7 Å². The summed E-state index contributed by atoms with van der Waals surface area (Å²) in [6.07, 6.45) is 2.29. The van der Waals surface area contributed by atoms with Crippen molar-refractivity contribution in [1.82, 2.24) is 14.5 Å². The highest BCUT2D eigenvalue weighted by atomic mass is 32.1. The maximum Gasteiger partial charge on any atom is 0.263 e. The number of carbonyl (C=O) groups is 1. The number of aromatic nitrogens is 2. The van der Waals surface area contributed by atoms with Crippen molar-refractivity contribution in [3.63, 3.8) is 0 Å². The summed E-state index contributed by atoms with van der Waals surface area (Å²) in [6.45, 7) is 4.66. The van der Waals surface area contributed by atoms with Crippen LogP contribution in [0.15, 0.2) is 27.7 Å². The van der Waals surface area contributed by atoms with Gasteiger partial charge in [-0.05, 0) is 43.3 Å². The average molecular weight is 403 g/mol. The van der Waals surface area contributed by atoms with E-state index in [9.17, 15) is 9.59 Å². The van der Waals surface area contributed by atoms with E-state index >= 15 is 0 Å². The van der Waals surface area contributed by atoms with E-state index in [1.165, 1.54) is 15.9 Å². The molecule has 0 saturated carbocycles. The highest BCUT2D eigenvalue weighted by Gasteiger charge is 2.22. The third kappa shape index (κ3) is 3.69. The number of amides is 1. The molecule has 2 N–H and O–H groups in total. The first-order valence-electron chi connectivity index (χ1n) is 9.08. The Morgan fingerprint density at radius 2 is 2.11 bits per heavy atom. The van der Waals surface area contributed by atoms with Crippen LogP contribution in [0.5, 0.6) is 0 Å². The third-order valence-electron chi connectivity index (χ3n) is 5.11. The lowest BCUT2D eigenvalue weighted by Crippen LogP contribution is -2.37. The number of piperidine rings is 1. The van der Waals surface area contributed by atoms with Gasteiger partial charge in [0.2, 0.25) is 5.91 Å². The molecule has 0 bridgehead atoms. The lowest BCUT2D eigenvalue weighted by atomic mass is 9.99. The third-order valence-corrected chi connectivity index (χ3v) is 6.89. The number of nitrogens with two attached hydrogens (primary N) is 1. The molecule has 0 aliphatic carbocycles. The topological polar surface area (TPSA) is 81.2 Å². The fraction of sp³-hybridized carbons (Fsp3) is 0.421. The summed E-state index contributed by atoms with van der Waals surface area (Å²) in [6, 6.07) is 3.96. The molecule has 0 radical (unpaired) electrons. The monoisotopic (exact) mass is 402 g/mol. The van der Waals surface area contributed by atoms with E-state index in [1.807, 2.05) is 22.9 Å². The molecule has 0 spiro atoms. The van der Waals surface area contributed by atoms with Crippen molar-refractivity contribution in [1.29, 1.82) is 0 Å². The Balaban J connectivity index is 1.79. The van der Waals surface area contributed by atoms with Gasteiger partial charge in [0.25, 0.3) is 5.56 Å². The number of rotatable bonds is 5. The van der Waals surface area contributed by atoms with Gasteiger partial charge in [-0.25, -0.2) is 4.98 Å². The molecule has 0 aromatic carbocycles. The molecule has 1 saturated heterocycles. The summed E-state index contributed by atoms with van der Waals surface area (Å²) in [5, 5.41) is 4.55. The van der Waals surface area contributed by atoms with E-state index in [1.54, 1.807) is 11.3 Å². The molecule has 1 amide bonds. The van der Waals surface area contributed by atoms with Crippen molar-refractivity contribution in [3.8, 4) is 10.4 Å². The normalized spacial score (nSPS) is 16.2. The lowest BCUT2D eigenvalue weighted by Gasteiger charge is -2.30. The highest BCUT2D eigenvalue weighted by molar-refractivity contribution is 7.18. The highest BCUT2D eigenvalue weighted by Crippen LogP contribution is 2.33. The van der Waals surface area contributed by atoms with Crippen LogP contribution in [-0.4, -0.2) is 33.4 Å². The van der Waals surface area contributed by atoms with Crippen LogP contribution in [0.4, 0.5) is 0 Å². The van der Waals surface area contributed by atoms with Crippen molar-refractivity contribution in [2.75, 3.05) is 13.1 Å². The molecule has 0 unspecified atom stereocenters. The van der Waals surface area contributed by atoms with Gasteiger partial charge in [-0.2, -0.15) is 0 Å². The fourth-order valence-corrected chi connectivity index (χ4v) is 5.31. The van der Waals surface area contributed by atoms with Crippen LogP contribution in [0, 0.1) is 5.92 Å². The minimum atomic E-state index is -0.528. The average Bonchev–Trinajstić information content (AvgIpc) is 3.29. The first kappa shape index (κ1) is 18.3. The number of hydrogen-bond acceptors (Lipinski definition) is 6. The van der Waals surface area contributed by atoms with Gasteiger partial charge in [-0.1, -0.05) is 13.0 Å². The van der Waals surface area contributed by atoms with Crippen molar-refractivity contribution >= 4 is 38.8 Å². The Hall–Kier alpha value is -2.03. The summed E-state index contributed by atoms with van der Waals surface area (Å²) >= 11 is 3.07. The largest absolute Gasteiger partial charge is 0.368 e. The Kier molecular flexibility index (Phi) is 5.12. The quantitative estimate of drug-likeness (QED) is 0.711. The van der Waals surface area contributed by atoms with Gasteiger partial charge in [-0.3, -0.25) is 19.1 Å². The Labute approximate surface area is 165 Å². The standard InChI is InChI=1S/C19H22N4O2S2/c1-12-4-6-22(7-5-12)10-16-21-18-17(19(25)23(16)9-15(20)24)13(11-27-18)14-3-2-8-26-14/h2-3,8,11-12H,4-7,9-10H2,1H3,(H2,20,24). The number of primary amides is 1. The zero-order valence-corrected chi connectivity index (χ0v) is 16.8. The summed E-state index contributed by atoms with van der Waals surface area (Å²) < 4.78 is 1.46. The van der Waals surface area contributed by atoms with Crippen LogP contribution in [0.2, 0.25) is 0 Å². The van der Waals surface area contributed by atoms with Gasteiger partial charge in [0.15, 0.2) is 0 Å². The van der Waals surface area contributed by atoms with E-state index in [0.717, 1.165) is 47.1 Å². The maximum absolute atomic E-state index is 13.3. The molecule has 0 atom stereocenters. The second kappa shape index (κ2) is 7.53. The molecule has 1 fully saturated rings. The molecule has 27 heavy (non-hydrogen) atoms. The predicted octanol–water partition coefficient (Wildman–Crippen LogP) is 2.90. The molecule has 1 aliphatic rings. The second-order valence-electron chi connectivity index (χ2n) is 7.15. The molecule has 4 rings (SSSR count). The van der Waals surface area contributed by atoms with Crippen molar-refractivity contribution in [2.24, 2.45) is 11.7 Å². The minimum Gasteiger partial charge on any atom is -0.368 e. The van der Waals surface area contributed by atoms with Crippen molar-refractivity contribution in [2.45, 2.75) is 32.9 Å². The Bertz CT molecular complexity index is 1010. The van der Waals surface area contributed by atoms with Crippen LogP contribution >= 0.6 is 22.7 Å². The predicted molar refractivity (Wildman–Crippen MR) is 110 cm³/mol. The zero-order valence-electron chi connectivity index (χ0n) is 15.2. The van der Waals surface area contributed by atoms with E-state index < -0.39 is 5.91 Å². The summed E-state index contributed by atoms with van der Waals surface area (Å²) in [5.41, 5.74) is 6.14. The molecular weight excluding hydrogens is 380 g/mol. The number of nitrogens with zero attached hydrogens (tertiary/aromatic N) is 3. The van der Waals surface area contributed by atoms with Crippen LogP contribution in [0.1, 0.15) is 25.6 Å². The summed E-state index contributed by atoms with van der Waals surface area (Å²) in [7, 11) is 0. The zero-order chi connectivity index (χ0) is 19.0. The van der Waals surface area contributed by atoms with Gasteiger partial charge in [0.05, 0.1) is 11.9 Å². The van der Waals surface area contributed by atoms with Gasteiger partial charge in [0.1, 0.15) is 17.2 Å². The lowest BCUT2D eigenvalue weighted by molar-refractivity contribution is -0.118.